The van der Waals surface area contributed by atoms with Gasteiger partial charge in [-0.25, -0.2) is 9.37 Å². The van der Waals surface area contributed by atoms with Crippen molar-refractivity contribution in [3.8, 4) is 11.3 Å². The standard InChI is InChI=1S/C19H18FN5O3/c1-12(11-26)21-19-23-16(13-5-3-2-4-6-13)10-18(24-19)22-15-8-7-14(20)9-17(15)25(27)28/h2-10,12,26H,11H2,1H3,(H2,21,22,23,24)/t12-/m1/s1. The summed E-state index contributed by atoms with van der Waals surface area (Å²) in [6.07, 6.45) is 0. The smallest absolute Gasteiger partial charge is 0.295 e. The van der Waals surface area contributed by atoms with Crippen LogP contribution >= 0.6 is 0 Å². The maximum absolute atomic E-state index is 13.4. The lowest BCUT2D eigenvalue weighted by Crippen LogP contribution is -2.21. The number of nitro benzene ring substituents is 1. The molecule has 3 rings (SSSR count). The van der Waals surface area contributed by atoms with Gasteiger partial charge in [0.05, 0.1) is 23.3 Å². The number of rotatable bonds is 7. The highest BCUT2D eigenvalue weighted by Gasteiger charge is 2.17. The minimum absolute atomic E-state index is 0.102. The predicted molar refractivity (Wildman–Crippen MR) is 104 cm³/mol. The summed E-state index contributed by atoms with van der Waals surface area (Å²) >= 11 is 0. The van der Waals surface area contributed by atoms with E-state index in [-0.39, 0.29) is 30.1 Å². The van der Waals surface area contributed by atoms with Gasteiger partial charge in [0.1, 0.15) is 17.3 Å². The third-order valence-electron chi connectivity index (χ3n) is 3.86. The third kappa shape index (κ3) is 4.57. The average molecular weight is 383 g/mol. The van der Waals surface area contributed by atoms with Gasteiger partial charge in [-0.15, -0.1) is 0 Å². The number of nitro groups is 1. The van der Waals surface area contributed by atoms with Gasteiger partial charge >= 0.3 is 0 Å². The maximum atomic E-state index is 13.4. The molecular weight excluding hydrogens is 365 g/mol. The first-order valence-electron chi connectivity index (χ1n) is 8.49. The molecule has 1 heterocycles. The van der Waals surface area contributed by atoms with Crippen molar-refractivity contribution in [2.24, 2.45) is 0 Å². The lowest BCUT2D eigenvalue weighted by atomic mass is 10.1. The lowest BCUT2D eigenvalue weighted by Gasteiger charge is -2.14. The van der Waals surface area contributed by atoms with E-state index in [2.05, 4.69) is 20.6 Å². The van der Waals surface area contributed by atoms with Gasteiger partial charge in [-0.3, -0.25) is 10.1 Å². The van der Waals surface area contributed by atoms with Crippen molar-refractivity contribution in [2.75, 3.05) is 17.2 Å². The molecule has 0 spiro atoms. The van der Waals surface area contributed by atoms with Crippen LogP contribution in [0.3, 0.4) is 0 Å². The monoisotopic (exact) mass is 383 g/mol. The van der Waals surface area contributed by atoms with E-state index in [4.69, 9.17) is 0 Å². The molecule has 0 aliphatic heterocycles. The molecule has 0 fully saturated rings. The quantitative estimate of drug-likeness (QED) is 0.421. The summed E-state index contributed by atoms with van der Waals surface area (Å²) in [5.41, 5.74) is 1.10. The summed E-state index contributed by atoms with van der Waals surface area (Å²) in [5.74, 6) is -0.171. The molecule has 0 saturated heterocycles. The van der Waals surface area contributed by atoms with E-state index in [1.54, 1.807) is 13.0 Å². The first-order valence-corrected chi connectivity index (χ1v) is 8.49. The number of aromatic nitrogens is 2. The highest BCUT2D eigenvalue weighted by atomic mass is 19.1. The van der Waals surface area contributed by atoms with Crippen molar-refractivity contribution >= 4 is 23.1 Å². The van der Waals surface area contributed by atoms with Crippen LogP contribution in [0.4, 0.5) is 27.5 Å². The van der Waals surface area contributed by atoms with E-state index in [0.717, 1.165) is 17.7 Å². The van der Waals surface area contributed by atoms with Gasteiger partial charge in [0.15, 0.2) is 0 Å². The van der Waals surface area contributed by atoms with Gasteiger partial charge in [-0.05, 0) is 19.1 Å². The number of anilines is 3. The van der Waals surface area contributed by atoms with Crippen LogP contribution in [0.1, 0.15) is 6.92 Å². The molecule has 9 heteroatoms. The maximum Gasteiger partial charge on any atom is 0.295 e. The lowest BCUT2D eigenvalue weighted by molar-refractivity contribution is -0.384. The first-order chi connectivity index (χ1) is 13.5. The van der Waals surface area contributed by atoms with E-state index in [1.165, 1.54) is 6.07 Å². The fourth-order valence-electron chi connectivity index (χ4n) is 2.50. The molecule has 28 heavy (non-hydrogen) atoms. The zero-order chi connectivity index (χ0) is 20.1. The summed E-state index contributed by atoms with van der Waals surface area (Å²) in [5, 5.41) is 26.3. The highest BCUT2D eigenvalue weighted by Crippen LogP contribution is 2.29. The zero-order valence-corrected chi connectivity index (χ0v) is 15.0. The molecule has 3 aromatic rings. The van der Waals surface area contributed by atoms with Crippen molar-refractivity contribution in [2.45, 2.75) is 13.0 Å². The van der Waals surface area contributed by atoms with Crippen LogP contribution in [-0.4, -0.2) is 32.6 Å². The van der Waals surface area contributed by atoms with Crippen LogP contribution in [0.25, 0.3) is 11.3 Å². The van der Waals surface area contributed by atoms with E-state index in [9.17, 15) is 19.6 Å². The second kappa shape index (κ2) is 8.40. The minimum atomic E-state index is -0.705. The SMILES string of the molecule is C[C@H](CO)Nc1nc(Nc2ccc(F)cc2[N+](=O)[O-])cc(-c2ccccc2)n1. The number of halogens is 1. The van der Waals surface area contributed by atoms with Crippen LogP contribution in [0.2, 0.25) is 0 Å². The molecule has 3 N–H and O–H groups in total. The van der Waals surface area contributed by atoms with E-state index in [0.29, 0.717) is 5.69 Å². The first kappa shape index (κ1) is 19.2. The largest absolute Gasteiger partial charge is 0.394 e. The van der Waals surface area contributed by atoms with Crippen LogP contribution < -0.4 is 10.6 Å². The zero-order valence-electron chi connectivity index (χ0n) is 15.0. The number of aliphatic hydroxyl groups is 1. The molecule has 0 aliphatic rings. The Balaban J connectivity index is 2.03. The number of nitrogens with zero attached hydrogens (tertiary/aromatic N) is 3. The molecule has 2 aromatic carbocycles. The number of hydrogen-bond donors (Lipinski definition) is 3. The van der Waals surface area contributed by atoms with Crippen LogP contribution in [0.15, 0.2) is 54.6 Å². The predicted octanol–water partition coefficient (Wildman–Crippen LogP) is 3.73. The molecule has 1 atom stereocenters. The Morgan fingerprint density at radius 2 is 1.93 bits per heavy atom. The molecule has 0 radical (unpaired) electrons. The van der Waals surface area contributed by atoms with Gasteiger partial charge < -0.3 is 15.7 Å². The molecular formula is C19H18FN5O3. The van der Waals surface area contributed by atoms with Crippen LogP contribution in [0, 0.1) is 15.9 Å². The van der Waals surface area contributed by atoms with Gasteiger partial charge in [0.25, 0.3) is 5.69 Å². The summed E-state index contributed by atoms with van der Waals surface area (Å²) in [6, 6.07) is 13.9. The Morgan fingerprint density at radius 1 is 1.18 bits per heavy atom. The van der Waals surface area contributed by atoms with E-state index < -0.39 is 16.4 Å². The molecule has 0 aliphatic carbocycles. The normalized spacial score (nSPS) is 11.7. The number of aliphatic hydroxyl groups excluding tert-OH is 1. The number of benzene rings is 2. The molecule has 0 unspecified atom stereocenters. The van der Waals surface area contributed by atoms with Crippen molar-refractivity contribution in [3.63, 3.8) is 0 Å². The summed E-state index contributed by atoms with van der Waals surface area (Å²) in [4.78, 5) is 19.3. The Morgan fingerprint density at radius 3 is 2.61 bits per heavy atom. The molecule has 0 saturated carbocycles. The van der Waals surface area contributed by atoms with Gasteiger partial charge in [0, 0.05) is 17.7 Å². The van der Waals surface area contributed by atoms with Gasteiger partial charge in [-0.2, -0.15) is 4.98 Å². The molecule has 0 bridgehead atoms. The fraction of sp³-hybridized carbons (Fsp3) is 0.158. The topological polar surface area (TPSA) is 113 Å². The summed E-state index contributed by atoms with van der Waals surface area (Å²) in [7, 11) is 0. The van der Waals surface area contributed by atoms with Crippen LogP contribution in [0.5, 0.6) is 0 Å². The summed E-state index contributed by atoms with van der Waals surface area (Å²) < 4.78 is 13.4. The van der Waals surface area contributed by atoms with Crippen LogP contribution in [-0.2, 0) is 0 Å². The van der Waals surface area contributed by atoms with Crippen molar-refractivity contribution < 1.29 is 14.4 Å². The summed E-state index contributed by atoms with van der Waals surface area (Å²) in [6.45, 7) is 1.64. The Kier molecular flexibility index (Phi) is 5.75. The van der Waals surface area contributed by atoms with Crippen molar-refractivity contribution in [1.29, 1.82) is 0 Å². The number of hydrogen-bond acceptors (Lipinski definition) is 7. The van der Waals surface area contributed by atoms with Gasteiger partial charge in [-0.1, -0.05) is 30.3 Å². The Bertz CT molecular complexity index is 985. The second-order valence-electron chi connectivity index (χ2n) is 6.10. The van der Waals surface area contributed by atoms with Crippen molar-refractivity contribution in [3.05, 3.63) is 70.5 Å². The van der Waals surface area contributed by atoms with Gasteiger partial charge in [0.2, 0.25) is 5.95 Å². The number of nitrogens with one attached hydrogen (secondary N) is 2. The molecule has 0 amide bonds. The Labute approximate surface area is 160 Å². The van der Waals surface area contributed by atoms with Crippen molar-refractivity contribution in [1.82, 2.24) is 9.97 Å². The average Bonchev–Trinajstić information content (AvgIpc) is 2.69. The minimum Gasteiger partial charge on any atom is -0.394 e. The molecule has 8 nitrogen and oxygen atoms in total. The highest BCUT2D eigenvalue weighted by molar-refractivity contribution is 5.71. The van der Waals surface area contributed by atoms with E-state index in [1.807, 2.05) is 30.3 Å². The Hall–Kier alpha value is -3.59. The second-order valence-corrected chi connectivity index (χ2v) is 6.10. The third-order valence-corrected chi connectivity index (χ3v) is 3.86. The molecule has 144 valence electrons. The fourth-order valence-corrected chi connectivity index (χ4v) is 2.50. The molecule has 1 aromatic heterocycles. The van der Waals surface area contributed by atoms with E-state index >= 15 is 0 Å².